The van der Waals surface area contributed by atoms with Gasteiger partial charge in [0.1, 0.15) is 12.4 Å². The van der Waals surface area contributed by atoms with E-state index in [1.54, 1.807) is 24.3 Å². The number of aromatic nitrogens is 1. The molecule has 1 aliphatic rings. The summed E-state index contributed by atoms with van der Waals surface area (Å²) >= 11 is 1.36. The van der Waals surface area contributed by atoms with E-state index in [1.807, 2.05) is 30.3 Å². The highest BCUT2D eigenvalue weighted by Gasteiger charge is 2.24. The van der Waals surface area contributed by atoms with Crippen molar-refractivity contribution in [1.29, 1.82) is 0 Å². The van der Waals surface area contributed by atoms with Gasteiger partial charge in [0.2, 0.25) is 0 Å². The molecule has 1 aliphatic heterocycles. The predicted octanol–water partition coefficient (Wildman–Crippen LogP) is 4.78. The first-order valence-electron chi connectivity index (χ1n) is 10.1. The van der Waals surface area contributed by atoms with Gasteiger partial charge in [0.05, 0.1) is 21.2 Å². The lowest BCUT2D eigenvalue weighted by Gasteiger charge is -2.19. The molecule has 0 aliphatic carbocycles. The maximum atomic E-state index is 12.9. The second-order valence-corrected chi connectivity index (χ2v) is 10.4. The number of fused-ring (bicyclic) bond motifs is 3. The van der Waals surface area contributed by atoms with Crippen LogP contribution >= 0.6 is 11.3 Å². The lowest BCUT2D eigenvalue weighted by Crippen LogP contribution is -2.26. The van der Waals surface area contributed by atoms with E-state index in [0.717, 1.165) is 21.9 Å². The van der Waals surface area contributed by atoms with Crippen LogP contribution < -0.4 is 14.4 Å². The summed E-state index contributed by atoms with van der Waals surface area (Å²) in [6.45, 7) is 0.404. The standard InChI is InChI=1S/C24H19N3O4S2/c1-27(17-7-3-2-4-8-17)33(29,30)18-13-11-16(12-14-18)23(28)26-24-25-22-19-9-5-6-10-20(19)31-15-21(22)32-24/h2-14H,15H2,1H3,(H,25,26,28). The van der Waals surface area contributed by atoms with E-state index in [4.69, 9.17) is 4.74 Å². The maximum absolute atomic E-state index is 12.9. The fourth-order valence-corrected chi connectivity index (χ4v) is 5.61. The highest BCUT2D eigenvalue weighted by molar-refractivity contribution is 7.92. The molecule has 0 bridgehead atoms. The van der Waals surface area contributed by atoms with Crippen LogP contribution in [0.25, 0.3) is 11.3 Å². The van der Waals surface area contributed by atoms with Crippen molar-refractivity contribution in [3.8, 4) is 17.0 Å². The third-order valence-electron chi connectivity index (χ3n) is 5.31. The normalized spacial score (nSPS) is 12.3. The topological polar surface area (TPSA) is 88.6 Å². The predicted molar refractivity (Wildman–Crippen MR) is 128 cm³/mol. The molecule has 33 heavy (non-hydrogen) atoms. The van der Waals surface area contributed by atoms with Crippen LogP contribution in [0.3, 0.4) is 0 Å². The van der Waals surface area contributed by atoms with Crippen LogP contribution in [0, 0.1) is 0 Å². The number of sulfonamides is 1. The van der Waals surface area contributed by atoms with Crippen LogP contribution in [0.1, 0.15) is 15.2 Å². The molecule has 2 heterocycles. The number of amides is 1. The Kier molecular flexibility index (Phi) is 5.35. The second kappa shape index (κ2) is 8.34. The van der Waals surface area contributed by atoms with E-state index in [1.165, 1.54) is 47.0 Å². The fourth-order valence-electron chi connectivity index (χ4n) is 3.53. The maximum Gasteiger partial charge on any atom is 0.264 e. The van der Waals surface area contributed by atoms with Crippen LogP contribution in [0.2, 0.25) is 0 Å². The number of thiazole rings is 1. The summed E-state index contributed by atoms with van der Waals surface area (Å²) in [6, 6.07) is 22.3. The smallest absolute Gasteiger partial charge is 0.264 e. The molecule has 1 aromatic heterocycles. The molecule has 0 unspecified atom stereocenters. The van der Waals surface area contributed by atoms with Gasteiger partial charge in [-0.2, -0.15) is 0 Å². The molecule has 0 saturated carbocycles. The van der Waals surface area contributed by atoms with Crippen molar-refractivity contribution >= 4 is 38.1 Å². The van der Waals surface area contributed by atoms with Gasteiger partial charge in [0.25, 0.3) is 15.9 Å². The Labute approximate surface area is 195 Å². The Morgan fingerprint density at radius 2 is 1.70 bits per heavy atom. The summed E-state index contributed by atoms with van der Waals surface area (Å²) in [6.07, 6.45) is 0. The second-order valence-electron chi connectivity index (χ2n) is 7.36. The van der Waals surface area contributed by atoms with Gasteiger partial charge in [-0.15, -0.1) is 0 Å². The Morgan fingerprint density at radius 3 is 2.45 bits per heavy atom. The number of carbonyl (C=O) groups is 1. The highest BCUT2D eigenvalue weighted by atomic mass is 32.2. The Balaban J connectivity index is 1.34. The van der Waals surface area contributed by atoms with E-state index >= 15 is 0 Å². The molecule has 0 saturated heterocycles. The monoisotopic (exact) mass is 477 g/mol. The number of carbonyl (C=O) groups excluding carboxylic acids is 1. The number of para-hydroxylation sites is 2. The van der Waals surface area contributed by atoms with Gasteiger partial charge >= 0.3 is 0 Å². The van der Waals surface area contributed by atoms with Gasteiger partial charge < -0.3 is 4.74 Å². The Bertz CT molecular complexity index is 1430. The Morgan fingerprint density at radius 1 is 1.00 bits per heavy atom. The molecule has 0 spiro atoms. The first kappa shape index (κ1) is 21.2. The van der Waals surface area contributed by atoms with Gasteiger partial charge in [-0.1, -0.05) is 41.7 Å². The first-order chi connectivity index (χ1) is 15.9. The molecule has 7 nitrogen and oxygen atoms in total. The van der Waals surface area contributed by atoms with Gasteiger partial charge in [0, 0.05) is 18.2 Å². The molecule has 5 rings (SSSR count). The van der Waals surface area contributed by atoms with Crippen LogP contribution in [-0.4, -0.2) is 26.4 Å². The molecule has 0 fully saturated rings. The van der Waals surface area contributed by atoms with Gasteiger partial charge in [-0.3, -0.25) is 14.4 Å². The molecule has 0 atom stereocenters. The largest absolute Gasteiger partial charge is 0.487 e. The van der Waals surface area contributed by atoms with Crippen molar-refractivity contribution in [3.63, 3.8) is 0 Å². The van der Waals surface area contributed by atoms with E-state index in [-0.39, 0.29) is 10.8 Å². The summed E-state index contributed by atoms with van der Waals surface area (Å²) < 4.78 is 32.8. The van der Waals surface area contributed by atoms with Crippen molar-refractivity contribution in [1.82, 2.24) is 4.98 Å². The quantitative estimate of drug-likeness (QED) is 0.447. The molecular weight excluding hydrogens is 458 g/mol. The first-order valence-corrected chi connectivity index (χ1v) is 12.4. The minimum Gasteiger partial charge on any atom is -0.487 e. The van der Waals surface area contributed by atoms with Crippen molar-refractivity contribution in [2.45, 2.75) is 11.5 Å². The van der Waals surface area contributed by atoms with Crippen molar-refractivity contribution in [2.24, 2.45) is 0 Å². The minimum absolute atomic E-state index is 0.101. The lowest BCUT2D eigenvalue weighted by molar-refractivity contribution is 0.102. The fraction of sp³-hybridized carbons (Fsp3) is 0.0833. The average Bonchev–Trinajstić information content (AvgIpc) is 3.27. The molecule has 9 heteroatoms. The number of nitrogens with zero attached hydrogens (tertiary/aromatic N) is 2. The molecule has 1 N–H and O–H groups in total. The summed E-state index contributed by atoms with van der Waals surface area (Å²) in [4.78, 5) is 18.4. The molecule has 3 aromatic carbocycles. The average molecular weight is 478 g/mol. The Hall–Kier alpha value is -3.69. The van der Waals surface area contributed by atoms with Crippen LogP contribution in [-0.2, 0) is 16.6 Å². The number of hydrogen-bond donors (Lipinski definition) is 1. The summed E-state index contributed by atoms with van der Waals surface area (Å²) in [5.41, 5.74) is 2.59. The zero-order chi connectivity index (χ0) is 23.0. The third-order valence-corrected chi connectivity index (χ3v) is 8.06. The molecule has 166 valence electrons. The van der Waals surface area contributed by atoms with Crippen LogP contribution in [0.4, 0.5) is 10.8 Å². The van der Waals surface area contributed by atoms with Crippen LogP contribution in [0.15, 0.2) is 83.8 Å². The number of hydrogen-bond acceptors (Lipinski definition) is 6. The third kappa shape index (κ3) is 3.96. The number of anilines is 2. The highest BCUT2D eigenvalue weighted by Crippen LogP contribution is 2.40. The number of nitrogens with one attached hydrogen (secondary N) is 1. The molecule has 1 amide bonds. The number of rotatable bonds is 5. The molecule has 4 aromatic rings. The summed E-state index contributed by atoms with van der Waals surface area (Å²) in [7, 11) is -2.25. The summed E-state index contributed by atoms with van der Waals surface area (Å²) in [5, 5.41) is 3.27. The zero-order valence-corrected chi connectivity index (χ0v) is 19.2. The van der Waals surface area contributed by atoms with Crippen molar-refractivity contribution < 1.29 is 17.9 Å². The number of benzene rings is 3. The molecule has 0 radical (unpaired) electrons. The minimum atomic E-state index is -3.75. The van der Waals surface area contributed by atoms with Gasteiger partial charge in [-0.25, -0.2) is 13.4 Å². The van der Waals surface area contributed by atoms with Crippen molar-refractivity contribution in [3.05, 3.63) is 89.3 Å². The SMILES string of the molecule is CN(c1ccccc1)S(=O)(=O)c1ccc(C(=O)Nc2nc3c(s2)COc2ccccc2-3)cc1. The van der Waals surface area contributed by atoms with E-state index in [9.17, 15) is 13.2 Å². The van der Waals surface area contributed by atoms with E-state index in [0.29, 0.717) is 23.0 Å². The number of ether oxygens (including phenoxy) is 1. The van der Waals surface area contributed by atoms with Gasteiger partial charge in [0.15, 0.2) is 5.13 Å². The van der Waals surface area contributed by atoms with E-state index < -0.39 is 10.0 Å². The van der Waals surface area contributed by atoms with Crippen LogP contribution in [0.5, 0.6) is 5.75 Å². The van der Waals surface area contributed by atoms with Gasteiger partial charge in [-0.05, 0) is 48.5 Å². The summed E-state index contributed by atoms with van der Waals surface area (Å²) in [5.74, 6) is 0.404. The lowest BCUT2D eigenvalue weighted by atomic mass is 10.1. The van der Waals surface area contributed by atoms with E-state index in [2.05, 4.69) is 10.3 Å². The van der Waals surface area contributed by atoms with Crippen molar-refractivity contribution in [2.75, 3.05) is 16.7 Å². The molecular formula is C24H19N3O4S2. The zero-order valence-electron chi connectivity index (χ0n) is 17.6.